The van der Waals surface area contributed by atoms with Gasteiger partial charge in [0, 0.05) is 37.9 Å². The van der Waals surface area contributed by atoms with Crippen LogP contribution in [-0.4, -0.2) is 31.2 Å². The van der Waals surface area contributed by atoms with Gasteiger partial charge in [-0.05, 0) is 59.9 Å². The van der Waals surface area contributed by atoms with Crippen LogP contribution in [0.15, 0.2) is 48.7 Å². The number of nitrogens with one attached hydrogen (secondary N) is 1. The first-order chi connectivity index (χ1) is 15.0. The lowest BCUT2D eigenvalue weighted by Crippen LogP contribution is -2.40. The molecule has 0 aliphatic carbocycles. The van der Waals surface area contributed by atoms with E-state index in [2.05, 4.69) is 10.2 Å². The molecular formula is C24H25FN6. The van der Waals surface area contributed by atoms with E-state index in [-0.39, 0.29) is 11.6 Å². The highest BCUT2D eigenvalue weighted by atomic mass is 19.1. The van der Waals surface area contributed by atoms with Crippen LogP contribution >= 0.6 is 0 Å². The van der Waals surface area contributed by atoms with Crippen LogP contribution in [0.25, 0.3) is 22.3 Å². The van der Waals surface area contributed by atoms with E-state index < -0.39 is 5.82 Å². The molecule has 0 spiro atoms. The van der Waals surface area contributed by atoms with Crippen molar-refractivity contribution in [3.05, 3.63) is 60.0 Å². The molecule has 0 unspecified atom stereocenters. The zero-order chi connectivity index (χ0) is 22.0. The smallest absolute Gasteiger partial charge is 0.141 e. The van der Waals surface area contributed by atoms with Crippen molar-refractivity contribution >= 4 is 17.2 Å². The summed E-state index contributed by atoms with van der Waals surface area (Å²) in [5, 5.41) is 12.1. The van der Waals surface area contributed by atoms with Gasteiger partial charge < -0.3 is 21.7 Å². The average Bonchev–Trinajstić information content (AvgIpc) is 2.79. The van der Waals surface area contributed by atoms with Gasteiger partial charge in [-0.25, -0.2) is 9.37 Å². The maximum Gasteiger partial charge on any atom is 0.141 e. The van der Waals surface area contributed by atoms with E-state index >= 15 is 0 Å². The summed E-state index contributed by atoms with van der Waals surface area (Å²) >= 11 is 0. The number of rotatable bonds is 4. The normalized spacial score (nSPS) is 14.3. The Balaban J connectivity index is 1.83. The highest BCUT2D eigenvalue weighted by Crippen LogP contribution is 2.37. The summed E-state index contributed by atoms with van der Waals surface area (Å²) < 4.78 is 14.4. The number of piperidine rings is 1. The third-order valence-electron chi connectivity index (χ3n) is 5.79. The summed E-state index contributed by atoms with van der Waals surface area (Å²) in [6.45, 7) is 1.66. The van der Waals surface area contributed by atoms with Crippen molar-refractivity contribution in [3.63, 3.8) is 0 Å². The van der Waals surface area contributed by atoms with Gasteiger partial charge in [-0.1, -0.05) is 12.1 Å². The third-order valence-corrected chi connectivity index (χ3v) is 5.79. The van der Waals surface area contributed by atoms with Crippen molar-refractivity contribution in [3.8, 4) is 28.3 Å². The maximum absolute atomic E-state index is 14.4. The van der Waals surface area contributed by atoms with Crippen molar-refractivity contribution in [1.29, 1.82) is 5.26 Å². The molecule has 2 heterocycles. The number of nitrogen functional groups attached to an aromatic ring is 1. The summed E-state index contributed by atoms with van der Waals surface area (Å²) in [7, 11) is 1.82. The average molecular weight is 417 g/mol. The molecule has 0 bridgehead atoms. The maximum atomic E-state index is 14.4. The fraction of sp³-hybridized carbons (Fsp3) is 0.250. The Labute approximate surface area is 181 Å². The first-order valence-electron chi connectivity index (χ1n) is 10.3. The monoisotopic (exact) mass is 416 g/mol. The van der Waals surface area contributed by atoms with Crippen LogP contribution < -0.4 is 21.7 Å². The Hall–Kier alpha value is -3.63. The van der Waals surface area contributed by atoms with Crippen molar-refractivity contribution in [2.24, 2.45) is 5.73 Å². The van der Waals surface area contributed by atoms with Gasteiger partial charge in [0.15, 0.2) is 0 Å². The Morgan fingerprint density at radius 2 is 1.81 bits per heavy atom. The Bertz CT molecular complexity index is 1150. The van der Waals surface area contributed by atoms with Crippen LogP contribution in [0.4, 0.5) is 21.6 Å². The van der Waals surface area contributed by atoms with Crippen LogP contribution in [0.2, 0.25) is 0 Å². The Morgan fingerprint density at radius 3 is 2.45 bits per heavy atom. The number of aromatic nitrogens is 1. The number of anilines is 3. The fourth-order valence-electron chi connectivity index (χ4n) is 3.95. The fourth-order valence-corrected chi connectivity index (χ4v) is 3.95. The molecule has 0 amide bonds. The molecule has 0 saturated carbocycles. The Morgan fingerprint density at radius 1 is 1.10 bits per heavy atom. The Kier molecular flexibility index (Phi) is 5.74. The number of nitriles is 1. The van der Waals surface area contributed by atoms with Crippen molar-refractivity contribution in [1.82, 2.24) is 4.98 Å². The zero-order valence-corrected chi connectivity index (χ0v) is 17.4. The van der Waals surface area contributed by atoms with E-state index in [4.69, 9.17) is 21.7 Å². The summed E-state index contributed by atoms with van der Waals surface area (Å²) in [4.78, 5) is 6.90. The second-order valence-corrected chi connectivity index (χ2v) is 7.77. The predicted octanol–water partition coefficient (Wildman–Crippen LogP) is 3.98. The molecule has 5 N–H and O–H groups in total. The molecule has 158 valence electrons. The minimum absolute atomic E-state index is 0.0206. The first kappa shape index (κ1) is 20.6. The molecule has 7 heteroatoms. The van der Waals surface area contributed by atoms with E-state index in [0.717, 1.165) is 54.1 Å². The van der Waals surface area contributed by atoms with E-state index in [0.29, 0.717) is 11.3 Å². The van der Waals surface area contributed by atoms with Crippen molar-refractivity contribution in [2.75, 3.05) is 36.1 Å². The molecule has 0 radical (unpaired) electrons. The lowest BCUT2D eigenvalue weighted by molar-refractivity contribution is 0.499. The predicted molar refractivity (Wildman–Crippen MR) is 123 cm³/mol. The molecule has 1 fully saturated rings. The summed E-state index contributed by atoms with van der Waals surface area (Å²) in [6, 6.07) is 14.5. The molecule has 1 saturated heterocycles. The topological polar surface area (TPSA) is 104 Å². The zero-order valence-electron chi connectivity index (χ0n) is 17.4. The standard InChI is InChI=1S/C24H25FN6/c1-29-23-5-4-16(11-22(23)28)20-14-30-24(31-8-6-18(27)7-9-31)12-19(20)15-2-3-17(13-26)21(25)10-15/h2-5,10-12,14,18,29H,6-9,27-28H2,1H3. The van der Waals surface area contributed by atoms with Crippen LogP contribution in [0.5, 0.6) is 0 Å². The highest BCUT2D eigenvalue weighted by Gasteiger charge is 2.20. The van der Waals surface area contributed by atoms with Gasteiger partial charge in [0.1, 0.15) is 17.7 Å². The number of nitrogens with two attached hydrogens (primary N) is 2. The molecule has 3 aromatic rings. The number of halogens is 1. The number of nitrogens with zero attached hydrogens (tertiary/aromatic N) is 3. The third kappa shape index (κ3) is 4.16. The van der Waals surface area contributed by atoms with Crippen LogP contribution in [0.1, 0.15) is 18.4 Å². The molecule has 1 aliphatic heterocycles. The quantitative estimate of drug-likeness (QED) is 0.556. The van der Waals surface area contributed by atoms with Crippen LogP contribution in [0.3, 0.4) is 0 Å². The van der Waals surface area contributed by atoms with Crippen LogP contribution in [-0.2, 0) is 0 Å². The number of hydrogen-bond acceptors (Lipinski definition) is 6. The van der Waals surface area contributed by atoms with Gasteiger partial charge in [-0.15, -0.1) is 0 Å². The number of pyridine rings is 1. The summed E-state index contributed by atoms with van der Waals surface area (Å²) in [5.74, 6) is 0.286. The minimum atomic E-state index is -0.543. The van der Waals surface area contributed by atoms with Gasteiger partial charge in [0.05, 0.1) is 16.9 Å². The minimum Gasteiger partial charge on any atom is -0.397 e. The number of benzene rings is 2. The van der Waals surface area contributed by atoms with Gasteiger partial charge in [-0.3, -0.25) is 0 Å². The van der Waals surface area contributed by atoms with E-state index in [1.807, 2.05) is 43.6 Å². The van der Waals surface area contributed by atoms with E-state index in [9.17, 15) is 4.39 Å². The molecule has 1 aromatic heterocycles. The van der Waals surface area contributed by atoms with Gasteiger partial charge in [-0.2, -0.15) is 5.26 Å². The summed E-state index contributed by atoms with van der Waals surface area (Å²) in [6.07, 6.45) is 3.63. The van der Waals surface area contributed by atoms with Crippen molar-refractivity contribution < 1.29 is 4.39 Å². The highest BCUT2D eigenvalue weighted by molar-refractivity contribution is 5.87. The molecule has 0 atom stereocenters. The van der Waals surface area contributed by atoms with E-state index in [1.54, 1.807) is 6.07 Å². The number of hydrogen-bond donors (Lipinski definition) is 3. The lowest BCUT2D eigenvalue weighted by atomic mass is 9.94. The first-order valence-corrected chi connectivity index (χ1v) is 10.3. The van der Waals surface area contributed by atoms with Gasteiger partial charge in [0.2, 0.25) is 0 Å². The van der Waals surface area contributed by atoms with Crippen molar-refractivity contribution in [2.45, 2.75) is 18.9 Å². The van der Waals surface area contributed by atoms with Gasteiger partial charge >= 0.3 is 0 Å². The van der Waals surface area contributed by atoms with E-state index in [1.165, 1.54) is 12.1 Å². The van der Waals surface area contributed by atoms with Crippen LogP contribution in [0, 0.1) is 17.1 Å². The summed E-state index contributed by atoms with van der Waals surface area (Å²) in [5.41, 5.74) is 16.9. The molecule has 31 heavy (non-hydrogen) atoms. The molecule has 2 aromatic carbocycles. The second-order valence-electron chi connectivity index (χ2n) is 7.77. The SMILES string of the molecule is CNc1ccc(-c2cnc(N3CCC(N)CC3)cc2-c2ccc(C#N)c(F)c2)cc1N. The largest absolute Gasteiger partial charge is 0.397 e. The molecule has 1 aliphatic rings. The van der Waals surface area contributed by atoms with Gasteiger partial charge in [0.25, 0.3) is 0 Å². The molecule has 4 rings (SSSR count). The second kappa shape index (κ2) is 8.62. The molecule has 6 nitrogen and oxygen atoms in total. The molecular weight excluding hydrogens is 391 g/mol. The lowest BCUT2D eigenvalue weighted by Gasteiger charge is -2.31.